The smallest absolute Gasteiger partial charge is 0.00697 e. The number of piperidine rings is 2. The van der Waals surface area contributed by atoms with Crippen molar-refractivity contribution < 1.29 is 0 Å². The minimum Gasteiger partial charge on any atom is -0.314 e. The van der Waals surface area contributed by atoms with Crippen molar-refractivity contribution in [2.24, 2.45) is 5.92 Å². The van der Waals surface area contributed by atoms with Crippen molar-refractivity contribution in [3.63, 3.8) is 0 Å². The predicted molar refractivity (Wildman–Crippen MR) is 60.5 cm³/mol. The highest BCUT2D eigenvalue weighted by molar-refractivity contribution is 4.78. The zero-order chi connectivity index (χ0) is 9.80. The van der Waals surface area contributed by atoms with Gasteiger partial charge in [-0.2, -0.15) is 0 Å². The zero-order valence-electron chi connectivity index (χ0n) is 9.47. The average molecular weight is 196 g/mol. The predicted octanol–water partition coefficient (Wildman–Crippen LogP) is 1.86. The quantitative estimate of drug-likeness (QED) is 0.725. The van der Waals surface area contributed by atoms with E-state index in [1.165, 1.54) is 58.2 Å². The van der Waals surface area contributed by atoms with E-state index in [9.17, 15) is 0 Å². The Morgan fingerprint density at radius 3 is 2.57 bits per heavy atom. The summed E-state index contributed by atoms with van der Waals surface area (Å²) in [5.41, 5.74) is 0. The highest BCUT2D eigenvalue weighted by Gasteiger charge is 2.21. The zero-order valence-corrected chi connectivity index (χ0v) is 9.47. The van der Waals surface area contributed by atoms with Gasteiger partial charge in [-0.05, 0) is 64.7 Å². The van der Waals surface area contributed by atoms with E-state index in [0.717, 1.165) is 12.0 Å². The molecule has 14 heavy (non-hydrogen) atoms. The molecule has 82 valence electrons. The maximum Gasteiger partial charge on any atom is 0.00697 e. The van der Waals surface area contributed by atoms with Crippen molar-refractivity contribution in [1.82, 2.24) is 10.2 Å². The van der Waals surface area contributed by atoms with Crippen LogP contribution in [0.25, 0.3) is 0 Å². The van der Waals surface area contributed by atoms with E-state index in [1.807, 2.05) is 0 Å². The lowest BCUT2D eigenvalue weighted by Crippen LogP contribution is -2.38. The third-order valence-electron chi connectivity index (χ3n) is 3.87. The monoisotopic (exact) mass is 196 g/mol. The molecule has 2 aliphatic rings. The van der Waals surface area contributed by atoms with Gasteiger partial charge in [-0.25, -0.2) is 0 Å². The van der Waals surface area contributed by atoms with Crippen LogP contribution in [-0.4, -0.2) is 37.6 Å². The summed E-state index contributed by atoms with van der Waals surface area (Å²) in [6.45, 7) is 3.89. The number of hydrogen-bond acceptors (Lipinski definition) is 2. The van der Waals surface area contributed by atoms with Crippen molar-refractivity contribution >= 4 is 0 Å². The van der Waals surface area contributed by atoms with E-state index in [2.05, 4.69) is 17.3 Å². The maximum absolute atomic E-state index is 3.66. The van der Waals surface area contributed by atoms with E-state index in [-0.39, 0.29) is 0 Å². The molecule has 0 aliphatic carbocycles. The SMILES string of the molecule is CN1CCC(CC2CCCCN2)CC1. The second kappa shape index (κ2) is 5.13. The van der Waals surface area contributed by atoms with Gasteiger partial charge in [-0.15, -0.1) is 0 Å². The third-order valence-corrected chi connectivity index (χ3v) is 3.87. The molecular formula is C12H24N2. The van der Waals surface area contributed by atoms with Crippen LogP contribution in [-0.2, 0) is 0 Å². The lowest BCUT2D eigenvalue weighted by molar-refractivity contribution is 0.193. The largest absolute Gasteiger partial charge is 0.314 e. The normalized spacial score (nSPS) is 31.9. The molecule has 0 saturated carbocycles. The molecule has 2 heterocycles. The van der Waals surface area contributed by atoms with Crippen molar-refractivity contribution in [3.8, 4) is 0 Å². The molecule has 2 fully saturated rings. The fourth-order valence-electron chi connectivity index (χ4n) is 2.83. The first kappa shape index (κ1) is 10.4. The standard InChI is InChI=1S/C12H24N2/c1-14-8-5-11(6-9-14)10-12-4-2-3-7-13-12/h11-13H,2-10H2,1H3. The van der Waals surface area contributed by atoms with Gasteiger partial charge in [0.05, 0.1) is 0 Å². The van der Waals surface area contributed by atoms with Crippen LogP contribution in [0, 0.1) is 5.92 Å². The van der Waals surface area contributed by atoms with Crippen LogP contribution in [0.15, 0.2) is 0 Å². The molecule has 0 aromatic carbocycles. The average Bonchev–Trinajstić information content (AvgIpc) is 2.23. The van der Waals surface area contributed by atoms with E-state index in [0.29, 0.717) is 0 Å². The lowest BCUT2D eigenvalue weighted by Gasteiger charge is -2.33. The highest BCUT2D eigenvalue weighted by atomic mass is 15.1. The maximum atomic E-state index is 3.66. The molecule has 1 unspecified atom stereocenters. The minimum absolute atomic E-state index is 0.845. The van der Waals surface area contributed by atoms with E-state index in [4.69, 9.17) is 0 Å². The van der Waals surface area contributed by atoms with Crippen molar-refractivity contribution in [2.45, 2.75) is 44.6 Å². The summed E-state index contributed by atoms with van der Waals surface area (Å²) >= 11 is 0. The third kappa shape index (κ3) is 2.96. The van der Waals surface area contributed by atoms with Gasteiger partial charge in [0, 0.05) is 6.04 Å². The van der Waals surface area contributed by atoms with Gasteiger partial charge < -0.3 is 10.2 Å². The molecule has 1 atom stereocenters. The number of hydrogen-bond donors (Lipinski definition) is 1. The molecule has 2 aliphatic heterocycles. The molecule has 0 amide bonds. The van der Waals surface area contributed by atoms with Gasteiger partial charge in [0.1, 0.15) is 0 Å². The number of likely N-dealkylation sites (tertiary alicyclic amines) is 1. The van der Waals surface area contributed by atoms with Gasteiger partial charge in [-0.1, -0.05) is 6.42 Å². The number of rotatable bonds is 2. The van der Waals surface area contributed by atoms with E-state index < -0.39 is 0 Å². The lowest BCUT2D eigenvalue weighted by atomic mass is 9.87. The fourth-order valence-corrected chi connectivity index (χ4v) is 2.83. The Kier molecular flexibility index (Phi) is 3.82. The second-order valence-electron chi connectivity index (χ2n) is 5.13. The van der Waals surface area contributed by atoms with Gasteiger partial charge in [-0.3, -0.25) is 0 Å². The highest BCUT2D eigenvalue weighted by Crippen LogP contribution is 2.23. The van der Waals surface area contributed by atoms with Crippen LogP contribution in [0.2, 0.25) is 0 Å². The Hall–Kier alpha value is -0.0800. The molecular weight excluding hydrogens is 172 g/mol. The number of nitrogens with one attached hydrogen (secondary N) is 1. The molecule has 2 rings (SSSR count). The Balaban J connectivity index is 1.68. The van der Waals surface area contributed by atoms with Gasteiger partial charge >= 0.3 is 0 Å². The fraction of sp³-hybridized carbons (Fsp3) is 1.00. The Bertz CT molecular complexity index is 156. The summed E-state index contributed by atoms with van der Waals surface area (Å²) in [6, 6.07) is 0.845. The first-order valence-corrected chi connectivity index (χ1v) is 6.26. The van der Waals surface area contributed by atoms with E-state index >= 15 is 0 Å². The molecule has 2 nitrogen and oxygen atoms in total. The molecule has 0 radical (unpaired) electrons. The van der Waals surface area contributed by atoms with Crippen LogP contribution in [0.4, 0.5) is 0 Å². The Morgan fingerprint density at radius 2 is 1.93 bits per heavy atom. The minimum atomic E-state index is 0.845. The number of nitrogens with zero attached hydrogens (tertiary/aromatic N) is 1. The van der Waals surface area contributed by atoms with Crippen LogP contribution >= 0.6 is 0 Å². The van der Waals surface area contributed by atoms with Crippen LogP contribution in [0.5, 0.6) is 0 Å². The van der Waals surface area contributed by atoms with Crippen LogP contribution < -0.4 is 5.32 Å². The molecule has 0 bridgehead atoms. The van der Waals surface area contributed by atoms with Crippen molar-refractivity contribution in [1.29, 1.82) is 0 Å². The van der Waals surface area contributed by atoms with Crippen molar-refractivity contribution in [2.75, 3.05) is 26.7 Å². The summed E-state index contributed by atoms with van der Waals surface area (Å²) in [6.07, 6.45) is 8.55. The second-order valence-corrected chi connectivity index (χ2v) is 5.13. The summed E-state index contributed by atoms with van der Waals surface area (Å²) < 4.78 is 0. The Labute approximate surface area is 88.1 Å². The van der Waals surface area contributed by atoms with Gasteiger partial charge in [0.15, 0.2) is 0 Å². The first-order chi connectivity index (χ1) is 6.84. The van der Waals surface area contributed by atoms with E-state index in [1.54, 1.807) is 0 Å². The molecule has 2 heteroatoms. The summed E-state index contributed by atoms with van der Waals surface area (Å²) in [5, 5.41) is 3.66. The summed E-state index contributed by atoms with van der Waals surface area (Å²) in [4.78, 5) is 2.46. The van der Waals surface area contributed by atoms with Gasteiger partial charge in [0.2, 0.25) is 0 Å². The van der Waals surface area contributed by atoms with Crippen LogP contribution in [0.1, 0.15) is 38.5 Å². The van der Waals surface area contributed by atoms with Crippen LogP contribution in [0.3, 0.4) is 0 Å². The molecule has 0 spiro atoms. The topological polar surface area (TPSA) is 15.3 Å². The summed E-state index contributed by atoms with van der Waals surface area (Å²) in [7, 11) is 2.25. The summed E-state index contributed by atoms with van der Waals surface area (Å²) in [5.74, 6) is 1.00. The van der Waals surface area contributed by atoms with Crippen molar-refractivity contribution in [3.05, 3.63) is 0 Å². The Morgan fingerprint density at radius 1 is 1.14 bits per heavy atom. The molecule has 1 N–H and O–H groups in total. The first-order valence-electron chi connectivity index (χ1n) is 6.26. The molecule has 0 aromatic heterocycles. The van der Waals surface area contributed by atoms with Gasteiger partial charge in [0.25, 0.3) is 0 Å². The molecule has 0 aromatic rings. The molecule has 2 saturated heterocycles.